The zero-order chi connectivity index (χ0) is 12.8. The molecule has 2 atom stereocenters. The van der Waals surface area contributed by atoms with Crippen LogP contribution in [-0.2, 0) is 0 Å². The highest BCUT2D eigenvalue weighted by molar-refractivity contribution is 5.10. The monoisotopic (exact) mass is 226 g/mol. The lowest BCUT2D eigenvalue weighted by molar-refractivity contribution is 0.0000498. The van der Waals surface area contributed by atoms with Crippen LogP contribution >= 0.6 is 0 Å². The number of nitrogens with zero attached hydrogens (tertiary/aromatic N) is 1. The fourth-order valence-corrected chi connectivity index (χ4v) is 2.55. The standard InChI is InChI=1S/C14H30N2/c1-11(12(2,3)4)16(7)14(6,10-15)13(5)8-9-13/h11H,8-10,15H2,1-7H3. The minimum Gasteiger partial charge on any atom is -0.329 e. The Morgan fingerprint density at radius 2 is 1.69 bits per heavy atom. The molecule has 0 saturated heterocycles. The molecule has 0 bridgehead atoms. The van der Waals surface area contributed by atoms with Crippen LogP contribution in [0.25, 0.3) is 0 Å². The number of hydrogen-bond donors (Lipinski definition) is 1. The Kier molecular flexibility index (Phi) is 3.49. The molecular weight excluding hydrogens is 196 g/mol. The summed E-state index contributed by atoms with van der Waals surface area (Å²) in [6.45, 7) is 14.7. The van der Waals surface area contributed by atoms with Crippen LogP contribution in [0.1, 0.15) is 54.4 Å². The van der Waals surface area contributed by atoms with Crippen molar-refractivity contribution in [1.82, 2.24) is 4.90 Å². The quantitative estimate of drug-likeness (QED) is 0.798. The van der Waals surface area contributed by atoms with Gasteiger partial charge in [-0.25, -0.2) is 0 Å². The average Bonchev–Trinajstić information content (AvgIpc) is 2.93. The highest BCUT2D eigenvalue weighted by Gasteiger charge is 2.55. The molecule has 0 amide bonds. The molecule has 1 aliphatic rings. The molecule has 0 aromatic rings. The highest BCUT2D eigenvalue weighted by atomic mass is 15.2. The molecule has 0 aliphatic heterocycles. The van der Waals surface area contributed by atoms with E-state index in [0.29, 0.717) is 16.9 Å². The molecular formula is C14H30N2. The lowest BCUT2D eigenvalue weighted by Gasteiger charge is -2.50. The van der Waals surface area contributed by atoms with Gasteiger partial charge >= 0.3 is 0 Å². The van der Waals surface area contributed by atoms with Gasteiger partial charge in [-0.3, -0.25) is 4.90 Å². The minimum absolute atomic E-state index is 0.139. The Hall–Kier alpha value is -0.0800. The van der Waals surface area contributed by atoms with Crippen molar-refractivity contribution in [3.63, 3.8) is 0 Å². The van der Waals surface area contributed by atoms with Crippen LogP contribution in [0, 0.1) is 10.8 Å². The Morgan fingerprint density at radius 1 is 1.25 bits per heavy atom. The van der Waals surface area contributed by atoms with E-state index in [2.05, 4.69) is 53.5 Å². The van der Waals surface area contributed by atoms with Crippen LogP contribution in [0.2, 0.25) is 0 Å². The number of nitrogens with two attached hydrogens (primary N) is 1. The van der Waals surface area contributed by atoms with E-state index in [0.717, 1.165) is 6.54 Å². The molecule has 0 aromatic carbocycles. The van der Waals surface area contributed by atoms with Gasteiger partial charge in [0, 0.05) is 18.1 Å². The third-order valence-corrected chi connectivity index (χ3v) is 5.31. The lowest BCUT2D eigenvalue weighted by Crippen LogP contribution is -2.60. The summed E-state index contributed by atoms with van der Waals surface area (Å²) < 4.78 is 0. The maximum Gasteiger partial charge on any atom is 0.0357 e. The van der Waals surface area contributed by atoms with Gasteiger partial charge in [0.2, 0.25) is 0 Å². The van der Waals surface area contributed by atoms with Crippen LogP contribution in [0.5, 0.6) is 0 Å². The average molecular weight is 226 g/mol. The van der Waals surface area contributed by atoms with Gasteiger partial charge in [-0.05, 0) is 44.6 Å². The zero-order valence-corrected chi connectivity index (χ0v) is 12.2. The fourth-order valence-electron chi connectivity index (χ4n) is 2.55. The van der Waals surface area contributed by atoms with Gasteiger partial charge < -0.3 is 5.73 Å². The molecule has 1 fully saturated rings. The van der Waals surface area contributed by atoms with Crippen molar-refractivity contribution in [2.24, 2.45) is 16.6 Å². The topological polar surface area (TPSA) is 29.3 Å². The van der Waals surface area contributed by atoms with Gasteiger partial charge in [-0.2, -0.15) is 0 Å². The molecule has 2 nitrogen and oxygen atoms in total. The van der Waals surface area contributed by atoms with Crippen molar-refractivity contribution in [1.29, 1.82) is 0 Å². The predicted octanol–water partition coefficient (Wildman–Crippen LogP) is 2.87. The lowest BCUT2D eigenvalue weighted by atomic mass is 9.78. The van der Waals surface area contributed by atoms with Crippen molar-refractivity contribution >= 4 is 0 Å². The normalized spacial score (nSPS) is 25.3. The number of hydrogen-bond acceptors (Lipinski definition) is 2. The third kappa shape index (κ3) is 2.14. The van der Waals surface area contributed by atoms with Crippen LogP contribution in [0.4, 0.5) is 0 Å². The summed E-state index contributed by atoms with van der Waals surface area (Å²) in [5.41, 5.74) is 6.94. The fraction of sp³-hybridized carbons (Fsp3) is 1.00. The van der Waals surface area contributed by atoms with E-state index < -0.39 is 0 Å². The van der Waals surface area contributed by atoms with Gasteiger partial charge in [0.05, 0.1) is 0 Å². The van der Waals surface area contributed by atoms with Gasteiger partial charge in [0.25, 0.3) is 0 Å². The minimum atomic E-state index is 0.139. The summed E-state index contributed by atoms with van der Waals surface area (Å²) in [4.78, 5) is 2.51. The van der Waals surface area contributed by atoms with Crippen LogP contribution < -0.4 is 5.73 Å². The number of rotatable bonds is 4. The summed E-state index contributed by atoms with van der Waals surface area (Å²) in [7, 11) is 2.24. The van der Waals surface area contributed by atoms with Crippen LogP contribution in [0.3, 0.4) is 0 Å². The van der Waals surface area contributed by atoms with Gasteiger partial charge in [-0.1, -0.05) is 27.7 Å². The van der Waals surface area contributed by atoms with E-state index in [1.54, 1.807) is 0 Å². The van der Waals surface area contributed by atoms with Gasteiger partial charge in [0.15, 0.2) is 0 Å². The van der Waals surface area contributed by atoms with E-state index in [1.807, 2.05) is 0 Å². The molecule has 0 spiro atoms. The maximum atomic E-state index is 6.07. The van der Waals surface area contributed by atoms with Gasteiger partial charge in [-0.15, -0.1) is 0 Å². The first-order valence-electron chi connectivity index (χ1n) is 6.51. The van der Waals surface area contributed by atoms with Crippen molar-refractivity contribution in [3.05, 3.63) is 0 Å². The Morgan fingerprint density at radius 3 is 1.94 bits per heavy atom. The Labute approximate surface area is 102 Å². The Bertz CT molecular complexity index is 250. The maximum absolute atomic E-state index is 6.07. The molecule has 1 aliphatic carbocycles. The molecule has 2 N–H and O–H groups in total. The van der Waals surface area contributed by atoms with Crippen LogP contribution in [-0.4, -0.2) is 30.1 Å². The first kappa shape index (κ1) is 14.0. The second-order valence-electron chi connectivity index (χ2n) is 7.19. The molecule has 0 aromatic heterocycles. The molecule has 2 unspecified atom stereocenters. The summed E-state index contributed by atoms with van der Waals surface area (Å²) in [5.74, 6) is 0. The van der Waals surface area contributed by atoms with E-state index in [1.165, 1.54) is 12.8 Å². The predicted molar refractivity (Wildman–Crippen MR) is 71.5 cm³/mol. The summed E-state index contributed by atoms with van der Waals surface area (Å²) in [5, 5.41) is 0. The molecule has 2 heteroatoms. The van der Waals surface area contributed by atoms with E-state index in [9.17, 15) is 0 Å². The molecule has 0 heterocycles. The third-order valence-electron chi connectivity index (χ3n) is 5.31. The molecule has 1 rings (SSSR count). The van der Waals surface area contributed by atoms with Crippen LogP contribution in [0.15, 0.2) is 0 Å². The smallest absolute Gasteiger partial charge is 0.0357 e. The zero-order valence-electron chi connectivity index (χ0n) is 12.2. The molecule has 0 radical (unpaired) electrons. The van der Waals surface area contributed by atoms with E-state index in [4.69, 9.17) is 5.73 Å². The summed E-state index contributed by atoms with van der Waals surface area (Å²) in [6.07, 6.45) is 2.64. The molecule has 96 valence electrons. The first-order chi connectivity index (χ1) is 7.08. The molecule has 16 heavy (non-hydrogen) atoms. The largest absolute Gasteiger partial charge is 0.329 e. The summed E-state index contributed by atoms with van der Waals surface area (Å²) >= 11 is 0. The summed E-state index contributed by atoms with van der Waals surface area (Å²) in [6, 6.07) is 0.540. The Balaban J connectivity index is 2.89. The molecule has 1 saturated carbocycles. The van der Waals surface area contributed by atoms with E-state index in [-0.39, 0.29) is 5.54 Å². The first-order valence-corrected chi connectivity index (χ1v) is 6.51. The SMILES string of the molecule is CC(N(C)C(C)(CN)C1(C)CC1)C(C)(C)C. The second kappa shape index (κ2) is 3.99. The van der Waals surface area contributed by atoms with Crippen molar-refractivity contribution in [2.75, 3.05) is 13.6 Å². The van der Waals surface area contributed by atoms with Crippen molar-refractivity contribution in [2.45, 2.75) is 66.0 Å². The van der Waals surface area contributed by atoms with Crippen molar-refractivity contribution in [3.8, 4) is 0 Å². The van der Waals surface area contributed by atoms with Crippen molar-refractivity contribution < 1.29 is 0 Å². The highest BCUT2D eigenvalue weighted by Crippen LogP contribution is 2.56. The number of likely N-dealkylation sites (N-methyl/N-ethyl adjacent to an activating group) is 1. The van der Waals surface area contributed by atoms with Gasteiger partial charge in [0.1, 0.15) is 0 Å². The second-order valence-corrected chi connectivity index (χ2v) is 7.19. The van der Waals surface area contributed by atoms with E-state index >= 15 is 0 Å².